The molecule has 0 aliphatic carbocycles. The highest BCUT2D eigenvalue weighted by atomic mass is 127. The molecule has 1 aliphatic rings. The highest BCUT2D eigenvalue weighted by Crippen LogP contribution is 2.21. The van der Waals surface area contributed by atoms with Gasteiger partial charge in [0.1, 0.15) is 0 Å². The van der Waals surface area contributed by atoms with Crippen LogP contribution in [-0.4, -0.2) is 16.2 Å². The molecule has 8 heavy (non-hydrogen) atoms. The molecule has 1 fully saturated rings. The Balaban J connectivity index is 2.22. The predicted octanol–water partition coefficient (Wildman–Crippen LogP) is 2.07. The van der Waals surface area contributed by atoms with Crippen LogP contribution in [0.15, 0.2) is 0 Å². The molecule has 0 spiro atoms. The van der Waals surface area contributed by atoms with Crippen LogP contribution in [-0.2, 0) is 0 Å². The van der Waals surface area contributed by atoms with Gasteiger partial charge < -0.3 is 0 Å². The van der Waals surface area contributed by atoms with E-state index in [-0.39, 0.29) is 0 Å². The molecule has 1 saturated heterocycles. The molecule has 48 valence electrons. The van der Waals surface area contributed by atoms with Crippen LogP contribution in [0.2, 0.25) is 0 Å². The molecule has 1 unspecified atom stereocenters. The molecule has 0 N–H and O–H groups in total. The molecule has 1 nitrogen and oxygen atoms in total. The first kappa shape index (κ1) is 6.81. The lowest BCUT2D eigenvalue weighted by Crippen LogP contribution is -2.05. The normalized spacial score (nSPS) is 31.5. The Morgan fingerprint density at radius 1 is 1.75 bits per heavy atom. The quantitative estimate of drug-likeness (QED) is 0.487. The van der Waals surface area contributed by atoms with Crippen LogP contribution >= 0.6 is 22.9 Å². The lowest BCUT2D eigenvalue weighted by Gasteiger charge is -2.03. The second kappa shape index (κ2) is 3.01. The van der Waals surface area contributed by atoms with Crippen molar-refractivity contribution >= 4 is 22.9 Å². The summed E-state index contributed by atoms with van der Waals surface area (Å²) in [6.45, 7) is 4.90. The lowest BCUT2D eigenvalue weighted by atomic mass is 10.1. The fraction of sp³-hybridized carbons (Fsp3) is 1.00. The maximum atomic E-state index is 2.40. The van der Waals surface area contributed by atoms with Crippen molar-refractivity contribution in [1.29, 1.82) is 0 Å². The Kier molecular flexibility index (Phi) is 2.56. The molecular weight excluding hydrogens is 213 g/mol. The lowest BCUT2D eigenvalue weighted by molar-refractivity contribution is 0.530. The topological polar surface area (TPSA) is 3.24 Å². The number of hydrogen-bond donors (Lipinski definition) is 0. The monoisotopic (exact) mass is 225 g/mol. The molecule has 0 saturated carbocycles. The van der Waals surface area contributed by atoms with Gasteiger partial charge in [0.05, 0.1) is 0 Å². The van der Waals surface area contributed by atoms with E-state index in [1.807, 2.05) is 0 Å². The van der Waals surface area contributed by atoms with Gasteiger partial charge in [-0.2, -0.15) is 0 Å². The van der Waals surface area contributed by atoms with E-state index >= 15 is 0 Å². The van der Waals surface area contributed by atoms with Crippen molar-refractivity contribution in [2.24, 2.45) is 5.92 Å². The maximum absolute atomic E-state index is 2.40. The molecule has 1 aliphatic heterocycles. The molecule has 0 aromatic rings. The van der Waals surface area contributed by atoms with E-state index < -0.39 is 0 Å². The number of nitrogens with zero attached hydrogens (tertiary/aromatic N) is 1. The van der Waals surface area contributed by atoms with E-state index in [4.69, 9.17) is 0 Å². The molecule has 0 bridgehead atoms. The summed E-state index contributed by atoms with van der Waals surface area (Å²) >= 11 is 2.40. The van der Waals surface area contributed by atoms with E-state index in [2.05, 4.69) is 32.9 Å². The summed E-state index contributed by atoms with van der Waals surface area (Å²) in [6, 6.07) is 0. The fourth-order valence-electron chi connectivity index (χ4n) is 1.12. The van der Waals surface area contributed by atoms with Gasteiger partial charge in [-0.05, 0) is 12.3 Å². The molecular formula is C6H12IN. The van der Waals surface area contributed by atoms with E-state index in [1.54, 1.807) is 0 Å². The van der Waals surface area contributed by atoms with Crippen molar-refractivity contribution in [3.05, 3.63) is 0 Å². The van der Waals surface area contributed by atoms with Gasteiger partial charge in [0.25, 0.3) is 0 Å². The molecule has 0 amide bonds. The van der Waals surface area contributed by atoms with Crippen molar-refractivity contribution in [1.82, 2.24) is 3.11 Å². The predicted molar refractivity (Wildman–Crippen MR) is 44.0 cm³/mol. The Morgan fingerprint density at radius 2 is 2.50 bits per heavy atom. The second-order valence-electron chi connectivity index (χ2n) is 2.43. The molecule has 1 heterocycles. The van der Waals surface area contributed by atoms with Gasteiger partial charge in [0, 0.05) is 36.0 Å². The van der Waals surface area contributed by atoms with Crippen LogP contribution in [0.4, 0.5) is 0 Å². The van der Waals surface area contributed by atoms with Crippen molar-refractivity contribution in [2.45, 2.75) is 19.8 Å². The van der Waals surface area contributed by atoms with Crippen molar-refractivity contribution in [3.63, 3.8) is 0 Å². The smallest absolute Gasteiger partial charge is 0.0201 e. The Bertz CT molecular complexity index is 74.9. The van der Waals surface area contributed by atoms with Crippen LogP contribution < -0.4 is 0 Å². The van der Waals surface area contributed by atoms with Gasteiger partial charge >= 0.3 is 0 Å². The van der Waals surface area contributed by atoms with Crippen molar-refractivity contribution in [3.8, 4) is 0 Å². The minimum absolute atomic E-state index is 0.992. The first-order valence-electron chi connectivity index (χ1n) is 3.23. The van der Waals surface area contributed by atoms with Gasteiger partial charge in [0.2, 0.25) is 0 Å². The average Bonchev–Trinajstić information content (AvgIpc) is 2.14. The first-order chi connectivity index (χ1) is 3.83. The highest BCUT2D eigenvalue weighted by molar-refractivity contribution is 14.1. The second-order valence-corrected chi connectivity index (χ2v) is 3.80. The van der Waals surface area contributed by atoms with Crippen LogP contribution in [0.5, 0.6) is 0 Å². The molecule has 0 aromatic carbocycles. The number of hydrogen-bond acceptors (Lipinski definition) is 1. The van der Waals surface area contributed by atoms with Gasteiger partial charge in [-0.3, -0.25) is 0 Å². The summed E-state index contributed by atoms with van der Waals surface area (Å²) in [6.07, 6.45) is 2.78. The Morgan fingerprint density at radius 3 is 2.75 bits per heavy atom. The molecule has 0 radical (unpaired) electrons. The number of rotatable bonds is 1. The molecule has 1 atom stereocenters. The third-order valence-corrected chi connectivity index (χ3v) is 2.69. The largest absolute Gasteiger partial charge is 0.247 e. The third-order valence-electron chi connectivity index (χ3n) is 1.81. The van der Waals surface area contributed by atoms with E-state index in [0.29, 0.717) is 0 Å². The van der Waals surface area contributed by atoms with E-state index in [1.165, 1.54) is 25.9 Å². The Labute approximate surface area is 64.9 Å². The Hall–Kier alpha value is 0.690. The first-order valence-corrected chi connectivity index (χ1v) is 4.20. The summed E-state index contributed by atoms with van der Waals surface area (Å²) in [5, 5.41) is 0. The summed E-state index contributed by atoms with van der Waals surface area (Å²) in [4.78, 5) is 0. The van der Waals surface area contributed by atoms with Crippen LogP contribution in [0, 0.1) is 5.92 Å². The zero-order chi connectivity index (χ0) is 5.98. The highest BCUT2D eigenvalue weighted by Gasteiger charge is 2.17. The van der Waals surface area contributed by atoms with Crippen LogP contribution in [0.1, 0.15) is 19.8 Å². The van der Waals surface area contributed by atoms with Crippen LogP contribution in [0.3, 0.4) is 0 Å². The van der Waals surface area contributed by atoms with Gasteiger partial charge in [-0.1, -0.05) is 13.3 Å². The van der Waals surface area contributed by atoms with Crippen LogP contribution in [0.25, 0.3) is 0 Å². The van der Waals surface area contributed by atoms with Gasteiger partial charge in [-0.15, -0.1) is 0 Å². The summed E-state index contributed by atoms with van der Waals surface area (Å²) in [7, 11) is 0. The minimum Gasteiger partial charge on any atom is -0.247 e. The zero-order valence-corrected chi connectivity index (χ0v) is 7.39. The minimum atomic E-state index is 0.992. The molecule has 1 rings (SSSR count). The standard InChI is InChI=1S/C6H12IN/c1-2-6-3-4-8(7)5-6/h6H,2-5H2,1H3. The van der Waals surface area contributed by atoms with E-state index in [9.17, 15) is 0 Å². The maximum Gasteiger partial charge on any atom is 0.0201 e. The zero-order valence-electron chi connectivity index (χ0n) is 5.23. The SMILES string of the molecule is CCC1CCN(I)C1. The van der Waals surface area contributed by atoms with Gasteiger partial charge in [-0.25, -0.2) is 3.11 Å². The van der Waals surface area contributed by atoms with Crippen molar-refractivity contribution < 1.29 is 0 Å². The average molecular weight is 225 g/mol. The third kappa shape index (κ3) is 1.58. The van der Waals surface area contributed by atoms with Gasteiger partial charge in [0.15, 0.2) is 0 Å². The summed E-state index contributed by atoms with van der Waals surface area (Å²) in [5.41, 5.74) is 0. The fourth-order valence-corrected chi connectivity index (χ4v) is 1.95. The molecule has 2 heteroatoms. The summed E-state index contributed by atoms with van der Waals surface area (Å²) < 4.78 is 2.38. The van der Waals surface area contributed by atoms with Crippen molar-refractivity contribution in [2.75, 3.05) is 13.1 Å². The van der Waals surface area contributed by atoms with E-state index in [0.717, 1.165) is 5.92 Å². The molecule has 0 aromatic heterocycles. The number of halogens is 1. The summed E-state index contributed by atoms with van der Waals surface area (Å²) in [5.74, 6) is 0.992.